The highest BCUT2D eigenvalue weighted by Gasteiger charge is 2.46. The van der Waals surface area contributed by atoms with Gasteiger partial charge in [-0.25, -0.2) is 4.98 Å². The SMILES string of the molecule is Cc1ncsc1-c1ccc([C@H](C)N2CCCC2(O)C(N)=O)cc1. The molecule has 1 aromatic carbocycles. The molecule has 0 radical (unpaired) electrons. The lowest BCUT2D eigenvalue weighted by atomic mass is 10.0. The lowest BCUT2D eigenvalue weighted by Gasteiger charge is -2.35. The Morgan fingerprint density at radius 1 is 1.43 bits per heavy atom. The monoisotopic (exact) mass is 331 g/mol. The van der Waals surface area contributed by atoms with Gasteiger partial charge in [-0.1, -0.05) is 24.3 Å². The third-order valence-electron chi connectivity index (χ3n) is 4.66. The highest BCUT2D eigenvalue weighted by Crippen LogP contribution is 2.36. The minimum Gasteiger partial charge on any atom is -0.367 e. The van der Waals surface area contributed by atoms with E-state index in [1.54, 1.807) is 16.2 Å². The fourth-order valence-corrected chi connectivity index (χ4v) is 4.09. The van der Waals surface area contributed by atoms with Gasteiger partial charge < -0.3 is 10.8 Å². The van der Waals surface area contributed by atoms with Crippen LogP contribution < -0.4 is 5.73 Å². The fourth-order valence-electron chi connectivity index (χ4n) is 3.28. The minimum absolute atomic E-state index is 0.0772. The smallest absolute Gasteiger partial charge is 0.264 e. The number of aryl methyl sites for hydroxylation is 1. The number of carbonyl (C=O) groups excluding carboxylic acids is 1. The van der Waals surface area contributed by atoms with E-state index in [1.165, 1.54) is 4.88 Å². The van der Waals surface area contributed by atoms with Gasteiger partial charge in [0, 0.05) is 19.0 Å². The van der Waals surface area contributed by atoms with Gasteiger partial charge in [-0.15, -0.1) is 11.3 Å². The van der Waals surface area contributed by atoms with E-state index in [4.69, 9.17) is 5.73 Å². The van der Waals surface area contributed by atoms with Crippen molar-refractivity contribution < 1.29 is 9.90 Å². The maximum absolute atomic E-state index is 11.6. The molecule has 6 heteroatoms. The van der Waals surface area contributed by atoms with Crippen molar-refractivity contribution in [2.45, 2.75) is 38.5 Å². The van der Waals surface area contributed by atoms with Crippen molar-refractivity contribution in [3.8, 4) is 10.4 Å². The molecule has 1 aromatic heterocycles. The van der Waals surface area contributed by atoms with Crippen LogP contribution in [0.5, 0.6) is 0 Å². The average Bonchev–Trinajstić information content (AvgIpc) is 3.13. The highest BCUT2D eigenvalue weighted by molar-refractivity contribution is 7.13. The Morgan fingerprint density at radius 3 is 2.70 bits per heavy atom. The Hall–Kier alpha value is -1.76. The first-order chi connectivity index (χ1) is 10.9. The molecular weight excluding hydrogens is 310 g/mol. The molecule has 1 aliphatic heterocycles. The summed E-state index contributed by atoms with van der Waals surface area (Å²) in [7, 11) is 0. The van der Waals surface area contributed by atoms with Crippen LogP contribution in [0.1, 0.15) is 37.1 Å². The zero-order valence-corrected chi connectivity index (χ0v) is 14.1. The molecule has 1 fully saturated rings. The number of primary amides is 1. The summed E-state index contributed by atoms with van der Waals surface area (Å²) in [5.74, 6) is -0.668. The summed E-state index contributed by atoms with van der Waals surface area (Å²) in [4.78, 5) is 18.9. The lowest BCUT2D eigenvalue weighted by molar-refractivity contribution is -0.157. The lowest BCUT2D eigenvalue weighted by Crippen LogP contribution is -2.54. The van der Waals surface area contributed by atoms with Crippen LogP contribution in [-0.2, 0) is 4.79 Å². The number of aliphatic hydroxyl groups is 1. The van der Waals surface area contributed by atoms with Gasteiger partial charge in [-0.05, 0) is 31.4 Å². The molecule has 1 unspecified atom stereocenters. The van der Waals surface area contributed by atoms with E-state index in [0.717, 1.165) is 23.2 Å². The summed E-state index contributed by atoms with van der Waals surface area (Å²) in [6.07, 6.45) is 1.16. The number of rotatable bonds is 4. The van der Waals surface area contributed by atoms with Crippen LogP contribution in [0.4, 0.5) is 0 Å². The number of benzene rings is 1. The van der Waals surface area contributed by atoms with E-state index in [0.29, 0.717) is 13.0 Å². The number of thiazole rings is 1. The second-order valence-corrected chi connectivity index (χ2v) is 6.90. The molecule has 3 rings (SSSR count). The molecular formula is C17H21N3O2S. The van der Waals surface area contributed by atoms with Crippen molar-refractivity contribution in [2.75, 3.05) is 6.54 Å². The summed E-state index contributed by atoms with van der Waals surface area (Å²) in [6.45, 7) is 4.65. The standard InChI is InChI=1S/C17H21N3O2S/c1-11-15(23-10-19-11)14-6-4-13(5-7-14)12(2)20-9-3-8-17(20,22)16(18)21/h4-7,10,12,22H,3,8-9H2,1-2H3,(H2,18,21)/t12-,17?/m0/s1. The van der Waals surface area contributed by atoms with Crippen LogP contribution >= 0.6 is 11.3 Å². The van der Waals surface area contributed by atoms with Gasteiger partial charge in [0.15, 0.2) is 5.72 Å². The van der Waals surface area contributed by atoms with E-state index >= 15 is 0 Å². The van der Waals surface area contributed by atoms with Crippen molar-refractivity contribution in [3.05, 3.63) is 41.0 Å². The van der Waals surface area contributed by atoms with Crippen LogP contribution in [0, 0.1) is 6.92 Å². The summed E-state index contributed by atoms with van der Waals surface area (Å²) in [5.41, 5.74) is 8.93. The number of carbonyl (C=O) groups is 1. The minimum atomic E-state index is -1.54. The van der Waals surface area contributed by atoms with Crippen LogP contribution in [0.25, 0.3) is 10.4 Å². The maximum atomic E-state index is 11.6. The largest absolute Gasteiger partial charge is 0.367 e. The first-order valence-corrected chi connectivity index (χ1v) is 8.61. The summed E-state index contributed by atoms with van der Waals surface area (Å²) in [5, 5.41) is 10.5. The van der Waals surface area contributed by atoms with Gasteiger partial charge in [0.25, 0.3) is 5.91 Å². The second kappa shape index (κ2) is 6.03. The Labute approximate surface area is 139 Å². The molecule has 0 saturated carbocycles. The third kappa shape index (κ3) is 2.78. The van der Waals surface area contributed by atoms with Crippen LogP contribution in [-0.4, -0.2) is 33.2 Å². The molecule has 5 nitrogen and oxygen atoms in total. The molecule has 2 heterocycles. The normalized spacial score (nSPS) is 23.1. The Morgan fingerprint density at radius 2 is 2.13 bits per heavy atom. The second-order valence-electron chi connectivity index (χ2n) is 6.04. The zero-order valence-electron chi connectivity index (χ0n) is 13.3. The van der Waals surface area contributed by atoms with Gasteiger partial charge >= 0.3 is 0 Å². The van der Waals surface area contributed by atoms with Gasteiger partial charge in [0.05, 0.1) is 16.1 Å². The fraction of sp³-hybridized carbons (Fsp3) is 0.412. The van der Waals surface area contributed by atoms with E-state index in [-0.39, 0.29) is 6.04 Å². The number of hydrogen-bond donors (Lipinski definition) is 2. The molecule has 2 atom stereocenters. The third-order valence-corrected chi connectivity index (χ3v) is 5.64. The van der Waals surface area contributed by atoms with Crippen molar-refractivity contribution >= 4 is 17.2 Å². The molecule has 1 saturated heterocycles. The topological polar surface area (TPSA) is 79.4 Å². The van der Waals surface area contributed by atoms with Gasteiger partial charge in [-0.2, -0.15) is 0 Å². The van der Waals surface area contributed by atoms with E-state index in [9.17, 15) is 9.90 Å². The average molecular weight is 331 g/mol. The van der Waals surface area contributed by atoms with Crippen molar-refractivity contribution in [1.82, 2.24) is 9.88 Å². The Bertz CT molecular complexity index is 713. The van der Waals surface area contributed by atoms with E-state index in [1.807, 2.05) is 31.5 Å². The Kier molecular flexibility index (Phi) is 4.23. The van der Waals surface area contributed by atoms with Crippen molar-refractivity contribution in [3.63, 3.8) is 0 Å². The predicted octanol–water partition coefficient (Wildman–Crippen LogP) is 2.45. The Balaban J connectivity index is 1.85. The number of hydrogen-bond acceptors (Lipinski definition) is 5. The zero-order chi connectivity index (χ0) is 16.6. The molecule has 3 N–H and O–H groups in total. The molecule has 0 aliphatic carbocycles. The molecule has 122 valence electrons. The van der Waals surface area contributed by atoms with Crippen molar-refractivity contribution in [1.29, 1.82) is 0 Å². The molecule has 0 spiro atoms. The molecule has 2 aromatic rings. The number of nitrogens with two attached hydrogens (primary N) is 1. The maximum Gasteiger partial charge on any atom is 0.264 e. The summed E-state index contributed by atoms with van der Waals surface area (Å²) >= 11 is 1.62. The molecule has 0 bridgehead atoms. The molecule has 23 heavy (non-hydrogen) atoms. The van der Waals surface area contributed by atoms with Gasteiger partial charge in [0.1, 0.15) is 0 Å². The predicted molar refractivity (Wildman–Crippen MR) is 90.8 cm³/mol. The van der Waals surface area contributed by atoms with E-state index < -0.39 is 11.6 Å². The van der Waals surface area contributed by atoms with Crippen LogP contribution in [0.3, 0.4) is 0 Å². The van der Waals surface area contributed by atoms with E-state index in [2.05, 4.69) is 17.1 Å². The first-order valence-electron chi connectivity index (χ1n) is 7.73. The number of nitrogens with zero attached hydrogens (tertiary/aromatic N) is 2. The van der Waals surface area contributed by atoms with Gasteiger partial charge in [0.2, 0.25) is 0 Å². The van der Waals surface area contributed by atoms with Crippen LogP contribution in [0.15, 0.2) is 29.8 Å². The number of aromatic nitrogens is 1. The van der Waals surface area contributed by atoms with Gasteiger partial charge in [-0.3, -0.25) is 9.69 Å². The quantitative estimate of drug-likeness (QED) is 0.902. The highest BCUT2D eigenvalue weighted by atomic mass is 32.1. The summed E-state index contributed by atoms with van der Waals surface area (Å²) in [6, 6.07) is 8.13. The first kappa shape index (κ1) is 16.1. The number of likely N-dealkylation sites (tertiary alicyclic amines) is 1. The number of amides is 1. The molecule has 1 amide bonds. The van der Waals surface area contributed by atoms with Crippen LogP contribution in [0.2, 0.25) is 0 Å². The molecule has 1 aliphatic rings. The summed E-state index contributed by atoms with van der Waals surface area (Å²) < 4.78 is 0. The van der Waals surface area contributed by atoms with Crippen molar-refractivity contribution in [2.24, 2.45) is 5.73 Å².